The lowest BCUT2D eigenvalue weighted by atomic mass is 10.2. The van der Waals surface area contributed by atoms with Crippen LogP contribution >= 0.6 is 0 Å². The minimum absolute atomic E-state index is 0.180. The SMILES string of the molecule is C=C(C)C(=O)Nc1ccc(Nc2ccc(Nc3ccc(Nc4ccccc4)cc3)cc2)cc1. The molecule has 0 atom stereocenters. The fourth-order valence-corrected chi connectivity index (χ4v) is 3.17. The number of hydrogen-bond acceptors (Lipinski definition) is 4. The maximum absolute atomic E-state index is 11.7. The number of nitrogens with one attached hydrogen (secondary N) is 4. The highest BCUT2D eigenvalue weighted by atomic mass is 16.1. The first-order chi connectivity index (χ1) is 16.0. The molecule has 0 bridgehead atoms. The minimum atomic E-state index is -0.180. The monoisotopic (exact) mass is 434 g/mol. The number of carbonyl (C=O) groups is 1. The Kier molecular flexibility index (Phi) is 6.71. The van der Waals surface area contributed by atoms with Crippen molar-refractivity contribution in [2.24, 2.45) is 0 Å². The van der Waals surface area contributed by atoms with E-state index >= 15 is 0 Å². The third-order valence-electron chi connectivity index (χ3n) is 4.94. The van der Waals surface area contributed by atoms with Gasteiger partial charge in [-0.2, -0.15) is 0 Å². The summed E-state index contributed by atoms with van der Waals surface area (Å²) in [4.78, 5) is 11.7. The summed E-state index contributed by atoms with van der Waals surface area (Å²) in [5.41, 5.74) is 7.24. The highest BCUT2D eigenvalue weighted by Crippen LogP contribution is 2.24. The molecule has 4 aromatic rings. The maximum Gasteiger partial charge on any atom is 0.250 e. The van der Waals surface area contributed by atoms with Gasteiger partial charge in [0.05, 0.1) is 0 Å². The van der Waals surface area contributed by atoms with E-state index in [2.05, 4.69) is 27.8 Å². The van der Waals surface area contributed by atoms with Gasteiger partial charge in [0.25, 0.3) is 5.91 Å². The first-order valence-electron chi connectivity index (χ1n) is 10.7. The van der Waals surface area contributed by atoms with E-state index in [-0.39, 0.29) is 5.91 Å². The number of carbonyl (C=O) groups excluding carboxylic acids is 1. The number of anilines is 7. The van der Waals surface area contributed by atoms with Gasteiger partial charge in [-0.3, -0.25) is 4.79 Å². The predicted molar refractivity (Wildman–Crippen MR) is 139 cm³/mol. The molecule has 0 fully saturated rings. The van der Waals surface area contributed by atoms with E-state index in [9.17, 15) is 4.79 Å². The van der Waals surface area contributed by atoms with E-state index < -0.39 is 0 Å². The van der Waals surface area contributed by atoms with Crippen LogP contribution in [-0.2, 0) is 4.79 Å². The molecule has 5 heteroatoms. The molecule has 4 rings (SSSR count). The third kappa shape index (κ3) is 6.24. The topological polar surface area (TPSA) is 65.2 Å². The van der Waals surface area contributed by atoms with Crippen molar-refractivity contribution >= 4 is 45.7 Å². The van der Waals surface area contributed by atoms with Crippen LogP contribution in [0.15, 0.2) is 115 Å². The van der Waals surface area contributed by atoms with Crippen LogP contribution in [0.5, 0.6) is 0 Å². The maximum atomic E-state index is 11.7. The van der Waals surface area contributed by atoms with Gasteiger partial charge in [0.15, 0.2) is 0 Å². The smallest absolute Gasteiger partial charge is 0.250 e. The molecular formula is C28H26N4O. The zero-order chi connectivity index (χ0) is 23.0. The number of benzene rings is 4. The van der Waals surface area contributed by atoms with Crippen LogP contribution in [0.2, 0.25) is 0 Å². The molecule has 1 amide bonds. The minimum Gasteiger partial charge on any atom is -0.356 e. The Labute approximate surface area is 194 Å². The van der Waals surface area contributed by atoms with Crippen molar-refractivity contribution in [2.45, 2.75) is 6.92 Å². The molecule has 164 valence electrons. The van der Waals surface area contributed by atoms with Crippen LogP contribution in [0, 0.1) is 0 Å². The Balaban J connectivity index is 1.32. The lowest BCUT2D eigenvalue weighted by Gasteiger charge is -2.11. The lowest BCUT2D eigenvalue weighted by Crippen LogP contribution is -2.11. The van der Waals surface area contributed by atoms with Crippen molar-refractivity contribution in [2.75, 3.05) is 21.3 Å². The fourth-order valence-electron chi connectivity index (χ4n) is 3.17. The van der Waals surface area contributed by atoms with Gasteiger partial charge in [0.2, 0.25) is 0 Å². The second-order valence-corrected chi connectivity index (χ2v) is 7.71. The molecule has 0 radical (unpaired) electrons. The van der Waals surface area contributed by atoms with E-state index in [1.54, 1.807) is 6.92 Å². The van der Waals surface area contributed by atoms with Crippen LogP contribution < -0.4 is 21.3 Å². The van der Waals surface area contributed by atoms with Crippen molar-refractivity contribution in [3.05, 3.63) is 115 Å². The molecule has 0 saturated carbocycles. The van der Waals surface area contributed by atoms with Crippen LogP contribution in [0.25, 0.3) is 0 Å². The van der Waals surface area contributed by atoms with Crippen molar-refractivity contribution in [1.82, 2.24) is 0 Å². The Bertz CT molecular complexity index is 1220. The summed E-state index contributed by atoms with van der Waals surface area (Å²) >= 11 is 0. The van der Waals surface area contributed by atoms with Crippen LogP contribution in [0.1, 0.15) is 6.92 Å². The fraction of sp³-hybridized carbons (Fsp3) is 0.0357. The quantitative estimate of drug-likeness (QED) is 0.218. The standard InChI is InChI=1S/C28H26N4O/c1-20(2)28(33)32-27-18-16-26(17-19-27)31-25-14-12-24(13-15-25)30-23-10-8-22(9-11-23)29-21-6-4-3-5-7-21/h3-19,29-31H,1H2,2H3,(H,32,33). The van der Waals surface area contributed by atoms with Gasteiger partial charge in [-0.25, -0.2) is 0 Å². The Morgan fingerprint density at radius 3 is 1.15 bits per heavy atom. The first-order valence-corrected chi connectivity index (χ1v) is 10.7. The Morgan fingerprint density at radius 2 is 0.818 bits per heavy atom. The summed E-state index contributed by atoms with van der Waals surface area (Å²) in [6.45, 7) is 5.33. The van der Waals surface area contributed by atoms with Crippen LogP contribution in [0.4, 0.5) is 39.8 Å². The van der Waals surface area contributed by atoms with Crippen molar-refractivity contribution in [3.8, 4) is 0 Å². The predicted octanol–water partition coefficient (Wildman–Crippen LogP) is 7.43. The summed E-state index contributed by atoms with van der Waals surface area (Å²) < 4.78 is 0. The molecule has 0 unspecified atom stereocenters. The second-order valence-electron chi connectivity index (χ2n) is 7.71. The molecule has 0 heterocycles. The number of hydrogen-bond donors (Lipinski definition) is 4. The molecule has 0 spiro atoms. The molecule has 0 saturated heterocycles. The summed E-state index contributed by atoms with van der Waals surface area (Å²) in [5.74, 6) is -0.180. The Morgan fingerprint density at radius 1 is 0.515 bits per heavy atom. The summed E-state index contributed by atoms with van der Waals surface area (Å²) in [6.07, 6.45) is 0. The van der Waals surface area contributed by atoms with E-state index in [0.29, 0.717) is 5.57 Å². The van der Waals surface area contributed by atoms with Crippen molar-refractivity contribution < 1.29 is 4.79 Å². The van der Waals surface area contributed by atoms with Gasteiger partial charge < -0.3 is 21.3 Å². The first kappa shape index (κ1) is 21.7. The van der Waals surface area contributed by atoms with Crippen molar-refractivity contribution in [1.29, 1.82) is 0 Å². The molecule has 4 aromatic carbocycles. The molecule has 0 aliphatic heterocycles. The molecule has 5 nitrogen and oxygen atoms in total. The molecular weight excluding hydrogens is 408 g/mol. The van der Waals surface area contributed by atoms with Crippen molar-refractivity contribution in [3.63, 3.8) is 0 Å². The molecule has 0 aliphatic carbocycles. The van der Waals surface area contributed by atoms with E-state index in [1.165, 1.54) is 0 Å². The van der Waals surface area contributed by atoms with Crippen LogP contribution in [-0.4, -0.2) is 5.91 Å². The third-order valence-corrected chi connectivity index (χ3v) is 4.94. The van der Waals surface area contributed by atoms with Gasteiger partial charge >= 0.3 is 0 Å². The van der Waals surface area contributed by atoms with E-state index in [1.807, 2.05) is 103 Å². The highest BCUT2D eigenvalue weighted by Gasteiger charge is 2.03. The van der Waals surface area contributed by atoms with E-state index in [0.717, 1.165) is 39.8 Å². The van der Waals surface area contributed by atoms with Gasteiger partial charge in [-0.05, 0) is 91.9 Å². The lowest BCUT2D eigenvalue weighted by molar-refractivity contribution is -0.112. The molecule has 0 aliphatic rings. The van der Waals surface area contributed by atoms with Gasteiger partial charge in [-0.1, -0.05) is 24.8 Å². The van der Waals surface area contributed by atoms with Crippen LogP contribution in [0.3, 0.4) is 0 Å². The van der Waals surface area contributed by atoms with Gasteiger partial charge in [0, 0.05) is 45.4 Å². The molecule has 4 N–H and O–H groups in total. The number of amides is 1. The summed E-state index contributed by atoms with van der Waals surface area (Å²) in [5, 5.41) is 13.0. The normalized spacial score (nSPS) is 10.2. The molecule has 0 aromatic heterocycles. The van der Waals surface area contributed by atoms with Gasteiger partial charge in [0.1, 0.15) is 0 Å². The number of para-hydroxylation sites is 1. The Hall–Kier alpha value is -4.51. The molecule has 33 heavy (non-hydrogen) atoms. The number of rotatable bonds is 8. The summed E-state index contributed by atoms with van der Waals surface area (Å²) in [7, 11) is 0. The average Bonchev–Trinajstić information content (AvgIpc) is 2.83. The zero-order valence-electron chi connectivity index (χ0n) is 18.4. The largest absolute Gasteiger partial charge is 0.356 e. The average molecular weight is 435 g/mol. The van der Waals surface area contributed by atoms with E-state index in [4.69, 9.17) is 0 Å². The highest BCUT2D eigenvalue weighted by molar-refractivity contribution is 6.02. The van der Waals surface area contributed by atoms with Gasteiger partial charge in [-0.15, -0.1) is 0 Å². The zero-order valence-corrected chi connectivity index (χ0v) is 18.4. The second kappa shape index (κ2) is 10.2. The summed E-state index contributed by atoms with van der Waals surface area (Å²) in [6, 6.07) is 33.9.